The summed E-state index contributed by atoms with van der Waals surface area (Å²) in [6, 6.07) is 2.34. The monoisotopic (exact) mass is 393 g/mol. The highest BCUT2D eigenvalue weighted by Crippen LogP contribution is 2.18. The molecule has 0 aliphatic heterocycles. The van der Waals surface area contributed by atoms with Gasteiger partial charge in [-0.2, -0.15) is 13.8 Å². The molecule has 0 saturated carbocycles. The zero-order valence-corrected chi connectivity index (χ0v) is 14.0. The lowest BCUT2D eigenvalue weighted by molar-refractivity contribution is -0.0528. The lowest BCUT2D eigenvalue weighted by Gasteiger charge is -2.10. The summed E-state index contributed by atoms with van der Waals surface area (Å²) in [5, 5.41) is 1.67. The number of carbonyl (C=O) groups is 1. The highest BCUT2D eigenvalue weighted by Gasteiger charge is 2.22. The fourth-order valence-electron chi connectivity index (χ4n) is 1.62. The Balaban J connectivity index is 2.15. The van der Waals surface area contributed by atoms with Crippen LogP contribution in [0.15, 0.2) is 29.3 Å². The van der Waals surface area contributed by atoms with Crippen LogP contribution >= 0.6 is 11.6 Å². The van der Waals surface area contributed by atoms with Gasteiger partial charge in [0.05, 0.1) is 0 Å². The molecule has 0 atom stereocenters. The molecule has 2 aromatic heterocycles. The topological polar surface area (TPSA) is 123 Å². The zero-order chi connectivity index (χ0) is 18.6. The van der Waals surface area contributed by atoms with Gasteiger partial charge in [0.15, 0.2) is 0 Å². The number of carbonyl (C=O) groups excluding carboxylic acids is 1. The zero-order valence-electron chi connectivity index (χ0n) is 12.4. The van der Waals surface area contributed by atoms with Crippen molar-refractivity contribution in [3.05, 3.63) is 35.2 Å². The second-order valence-electron chi connectivity index (χ2n) is 4.40. The summed E-state index contributed by atoms with van der Waals surface area (Å²) >= 11 is 5.67. The van der Waals surface area contributed by atoms with E-state index in [4.69, 9.17) is 11.6 Å². The van der Waals surface area contributed by atoms with Gasteiger partial charge < -0.3 is 4.74 Å². The molecule has 9 nitrogen and oxygen atoms in total. The van der Waals surface area contributed by atoms with Crippen molar-refractivity contribution in [2.75, 3.05) is 5.32 Å². The molecule has 2 N–H and O–H groups in total. The molecule has 0 fully saturated rings. The predicted molar refractivity (Wildman–Crippen MR) is 82.0 cm³/mol. The van der Waals surface area contributed by atoms with Crippen molar-refractivity contribution in [2.24, 2.45) is 0 Å². The van der Waals surface area contributed by atoms with Crippen LogP contribution in [0.5, 0.6) is 5.88 Å². The van der Waals surface area contributed by atoms with Crippen molar-refractivity contribution < 1.29 is 26.7 Å². The lowest BCUT2D eigenvalue weighted by Crippen LogP contribution is -2.35. The summed E-state index contributed by atoms with van der Waals surface area (Å²) in [5.41, 5.74) is 0.208. The first-order valence-corrected chi connectivity index (χ1v) is 8.28. The normalized spacial score (nSPS) is 11.2. The minimum atomic E-state index is -4.31. The SMILES string of the molecule is Cc1cc(OC(F)F)nc(NC(=O)NS(=O)(=O)c2cccnc2Cl)n1. The smallest absolute Gasteiger partial charge is 0.388 e. The number of nitrogens with zero attached hydrogens (tertiary/aromatic N) is 3. The van der Waals surface area contributed by atoms with Gasteiger partial charge in [0.1, 0.15) is 10.0 Å². The molecule has 0 aliphatic carbocycles. The van der Waals surface area contributed by atoms with Gasteiger partial charge in [0, 0.05) is 18.0 Å². The highest BCUT2D eigenvalue weighted by atomic mass is 35.5. The number of amides is 2. The number of hydrogen-bond donors (Lipinski definition) is 2. The van der Waals surface area contributed by atoms with E-state index in [1.165, 1.54) is 19.2 Å². The van der Waals surface area contributed by atoms with Crippen molar-refractivity contribution in [3.8, 4) is 5.88 Å². The number of halogens is 3. The summed E-state index contributed by atoms with van der Waals surface area (Å²) < 4.78 is 54.3. The van der Waals surface area contributed by atoms with Crippen molar-refractivity contribution in [2.45, 2.75) is 18.4 Å². The van der Waals surface area contributed by atoms with E-state index in [-0.39, 0.29) is 10.8 Å². The van der Waals surface area contributed by atoms with Gasteiger partial charge in [-0.1, -0.05) is 11.6 Å². The van der Waals surface area contributed by atoms with Gasteiger partial charge in [-0.25, -0.2) is 27.9 Å². The van der Waals surface area contributed by atoms with Gasteiger partial charge in [0.25, 0.3) is 10.0 Å². The standard InChI is InChI=1S/C12H10ClF2N5O4S/c1-6-5-8(24-10(14)15)18-11(17-6)19-12(21)20-25(22,23)7-3-2-4-16-9(7)13/h2-5,10H,1H3,(H2,17,18,19,20,21). The third-order valence-corrected chi connectivity index (χ3v) is 4.28. The van der Waals surface area contributed by atoms with Crippen molar-refractivity contribution in [3.63, 3.8) is 0 Å². The Morgan fingerprint density at radius 2 is 2.08 bits per heavy atom. The third-order valence-electron chi connectivity index (χ3n) is 2.51. The van der Waals surface area contributed by atoms with Crippen LogP contribution in [0.3, 0.4) is 0 Å². The average molecular weight is 394 g/mol. The number of anilines is 1. The number of pyridine rings is 1. The molecule has 0 spiro atoms. The molecule has 0 aromatic carbocycles. The fraction of sp³-hybridized carbons (Fsp3) is 0.167. The van der Waals surface area contributed by atoms with Crippen LogP contribution in [0.4, 0.5) is 19.5 Å². The quantitative estimate of drug-likeness (QED) is 0.744. The summed E-state index contributed by atoms with van der Waals surface area (Å²) in [6.45, 7) is -1.68. The maximum atomic E-state index is 12.2. The molecule has 0 bridgehead atoms. The minimum absolute atomic E-state index is 0.208. The Morgan fingerprint density at radius 3 is 2.72 bits per heavy atom. The van der Waals surface area contributed by atoms with E-state index in [1.54, 1.807) is 4.72 Å². The first kappa shape index (κ1) is 18.7. The summed E-state index contributed by atoms with van der Waals surface area (Å²) in [7, 11) is -4.31. The van der Waals surface area contributed by atoms with Gasteiger partial charge >= 0.3 is 12.6 Å². The predicted octanol–water partition coefficient (Wildman–Crippen LogP) is 1.95. The maximum absolute atomic E-state index is 12.2. The van der Waals surface area contributed by atoms with Crippen LogP contribution in [0.25, 0.3) is 0 Å². The Morgan fingerprint density at radius 1 is 1.36 bits per heavy atom. The van der Waals surface area contributed by atoms with Crippen LogP contribution in [0.2, 0.25) is 5.15 Å². The largest absolute Gasteiger partial charge is 0.417 e. The number of aryl methyl sites for hydroxylation is 1. The molecular weight excluding hydrogens is 384 g/mol. The van der Waals surface area contributed by atoms with E-state index in [0.717, 1.165) is 12.1 Å². The molecular formula is C12H10ClF2N5O4S. The lowest BCUT2D eigenvalue weighted by atomic mass is 10.4. The van der Waals surface area contributed by atoms with Crippen molar-refractivity contribution in [1.82, 2.24) is 19.7 Å². The number of hydrogen-bond acceptors (Lipinski definition) is 7. The summed E-state index contributed by atoms with van der Waals surface area (Å²) in [5.74, 6) is -0.920. The van der Waals surface area contributed by atoms with E-state index in [2.05, 4.69) is 19.7 Å². The van der Waals surface area contributed by atoms with E-state index < -0.39 is 39.4 Å². The molecule has 0 radical (unpaired) electrons. The maximum Gasteiger partial charge on any atom is 0.388 e. The molecule has 2 amide bonds. The van der Waals surface area contributed by atoms with Crippen molar-refractivity contribution in [1.29, 1.82) is 0 Å². The second-order valence-corrected chi connectivity index (χ2v) is 6.41. The Bertz CT molecular complexity index is 897. The first-order valence-electron chi connectivity index (χ1n) is 6.42. The minimum Gasteiger partial charge on any atom is -0.417 e. The van der Waals surface area contributed by atoms with E-state index in [1.807, 2.05) is 5.32 Å². The van der Waals surface area contributed by atoms with Crippen LogP contribution in [0.1, 0.15) is 5.69 Å². The molecule has 2 aromatic rings. The van der Waals surface area contributed by atoms with Crippen LogP contribution < -0.4 is 14.8 Å². The van der Waals surface area contributed by atoms with Gasteiger partial charge in [-0.05, 0) is 19.1 Å². The molecule has 0 aliphatic rings. The molecule has 2 heterocycles. The number of rotatable bonds is 5. The van der Waals surface area contributed by atoms with Gasteiger partial charge in [-0.15, -0.1) is 0 Å². The molecule has 0 saturated heterocycles. The fourth-order valence-corrected chi connectivity index (χ4v) is 2.98. The second kappa shape index (κ2) is 7.53. The number of ether oxygens (including phenoxy) is 1. The summed E-state index contributed by atoms with van der Waals surface area (Å²) in [6.07, 6.45) is 1.27. The number of nitrogens with one attached hydrogen (secondary N) is 2. The summed E-state index contributed by atoms with van der Waals surface area (Å²) in [4.78, 5) is 22.3. The van der Waals surface area contributed by atoms with Crippen LogP contribution in [0, 0.1) is 6.92 Å². The van der Waals surface area contributed by atoms with Gasteiger partial charge in [0.2, 0.25) is 11.8 Å². The Kier molecular flexibility index (Phi) is 5.64. The molecule has 134 valence electrons. The van der Waals surface area contributed by atoms with E-state index in [9.17, 15) is 22.0 Å². The third kappa shape index (κ3) is 5.19. The van der Waals surface area contributed by atoms with E-state index >= 15 is 0 Å². The first-order chi connectivity index (χ1) is 11.7. The molecule has 25 heavy (non-hydrogen) atoms. The Labute approximate surface area is 145 Å². The van der Waals surface area contributed by atoms with Crippen LogP contribution in [-0.2, 0) is 10.0 Å². The number of alkyl halides is 2. The number of urea groups is 1. The molecule has 0 unspecified atom stereocenters. The number of sulfonamides is 1. The van der Waals surface area contributed by atoms with Crippen molar-refractivity contribution >= 4 is 33.6 Å². The molecule has 2 rings (SSSR count). The Hall–Kier alpha value is -2.60. The highest BCUT2D eigenvalue weighted by molar-refractivity contribution is 7.90. The average Bonchev–Trinajstić information content (AvgIpc) is 2.45. The van der Waals surface area contributed by atoms with Gasteiger partial charge in [-0.3, -0.25) is 5.32 Å². The number of aromatic nitrogens is 3. The van der Waals surface area contributed by atoms with Crippen LogP contribution in [-0.4, -0.2) is 36.0 Å². The van der Waals surface area contributed by atoms with E-state index in [0.29, 0.717) is 0 Å². The molecule has 13 heteroatoms.